The number of unbranched alkanes of at least 4 members (excludes halogenated alkanes) is 8. The zero-order chi connectivity index (χ0) is 32.6. The molecule has 0 aromatic rings. The van der Waals surface area contributed by atoms with Crippen molar-refractivity contribution in [2.75, 3.05) is 13.2 Å². The quantitative estimate of drug-likeness (QED) is 0.0593. The summed E-state index contributed by atoms with van der Waals surface area (Å²) in [7, 11) is -11.0. The van der Waals surface area contributed by atoms with Gasteiger partial charge in [-0.2, -0.15) is 0 Å². The molecule has 1 aliphatic rings. The van der Waals surface area contributed by atoms with Crippen molar-refractivity contribution in [3.63, 3.8) is 0 Å². The fourth-order valence-corrected chi connectivity index (χ4v) is 5.82. The Hall–Kier alpha value is -1.00. The maximum absolute atomic E-state index is 12.5. The molecule has 0 amide bonds. The smallest absolute Gasteiger partial charge is 0.306 e. The average molecular weight is 665 g/mol. The number of aliphatic hydroxyl groups excluding tert-OH is 4. The minimum absolute atomic E-state index is 0.0285. The first-order valence-electron chi connectivity index (χ1n) is 14.5. The van der Waals surface area contributed by atoms with Crippen molar-refractivity contribution in [3.05, 3.63) is 0 Å². The third-order valence-electron chi connectivity index (χ3n) is 6.67. The second kappa shape index (κ2) is 20.2. The Bertz CT molecular complexity index is 898. The molecule has 0 heterocycles. The van der Waals surface area contributed by atoms with Crippen LogP contribution in [0, 0.1) is 0 Å². The Morgan fingerprint density at radius 1 is 0.698 bits per heavy atom. The van der Waals surface area contributed by atoms with Crippen LogP contribution >= 0.6 is 15.6 Å². The highest BCUT2D eigenvalue weighted by atomic mass is 31.2. The van der Waals surface area contributed by atoms with Crippen molar-refractivity contribution < 1.29 is 76.9 Å². The van der Waals surface area contributed by atoms with Gasteiger partial charge in [0.05, 0.1) is 6.61 Å². The van der Waals surface area contributed by atoms with Crippen LogP contribution in [-0.2, 0) is 41.8 Å². The van der Waals surface area contributed by atoms with Gasteiger partial charge in [-0.3, -0.25) is 18.7 Å². The molecule has 0 aliphatic heterocycles. The van der Waals surface area contributed by atoms with Gasteiger partial charge in [-0.15, -0.1) is 0 Å². The Morgan fingerprint density at radius 2 is 1.14 bits per heavy atom. The predicted molar refractivity (Wildman–Crippen MR) is 145 cm³/mol. The third-order valence-corrected chi connectivity index (χ3v) is 8.14. The molecule has 0 bridgehead atoms. The van der Waals surface area contributed by atoms with Crippen LogP contribution in [0.2, 0.25) is 0 Å². The van der Waals surface area contributed by atoms with Crippen LogP contribution in [0.5, 0.6) is 0 Å². The fraction of sp³-hybridized carbons (Fsp3) is 0.920. The van der Waals surface area contributed by atoms with E-state index >= 15 is 0 Å². The van der Waals surface area contributed by atoms with E-state index in [9.17, 15) is 48.9 Å². The molecule has 0 saturated heterocycles. The summed E-state index contributed by atoms with van der Waals surface area (Å²) in [6.07, 6.45) is -6.38. The molecule has 43 heavy (non-hydrogen) atoms. The van der Waals surface area contributed by atoms with Crippen molar-refractivity contribution >= 4 is 27.6 Å². The lowest BCUT2D eigenvalue weighted by Crippen LogP contribution is -2.64. The lowest BCUT2D eigenvalue weighted by Gasteiger charge is -2.45. The lowest BCUT2D eigenvalue weighted by molar-refractivity contribution is -0.271. The largest absolute Gasteiger partial charge is 0.756 e. The molecule has 1 aliphatic carbocycles. The van der Waals surface area contributed by atoms with Crippen molar-refractivity contribution in [2.45, 2.75) is 134 Å². The summed E-state index contributed by atoms with van der Waals surface area (Å²) in [5.74, 6) is -1.27. The van der Waals surface area contributed by atoms with E-state index in [0.717, 1.165) is 51.4 Å². The van der Waals surface area contributed by atoms with Crippen LogP contribution in [0.1, 0.15) is 90.9 Å². The number of hydrogen-bond donors (Lipinski definition) is 5. The SMILES string of the molecule is CCCCCCCC(=O)OC[C@H](COP(=O)([O-])OC1[C@H](O)[C@H](O)C(OP(=O)([O-])O)[C@H](O)[C@H]1O)OC(=O)CCCCCCC. The van der Waals surface area contributed by atoms with E-state index in [1.54, 1.807) is 0 Å². The number of aliphatic hydroxyl groups is 4. The molecule has 0 aromatic heterocycles. The number of ether oxygens (including phenoxy) is 2. The van der Waals surface area contributed by atoms with E-state index in [4.69, 9.17) is 18.9 Å². The highest BCUT2D eigenvalue weighted by Crippen LogP contribution is 2.45. The second-order valence-electron chi connectivity index (χ2n) is 10.4. The minimum atomic E-state index is -5.55. The van der Waals surface area contributed by atoms with E-state index < -0.39 is 83.5 Å². The molecule has 1 rings (SSSR count). The van der Waals surface area contributed by atoms with Crippen LogP contribution in [0.25, 0.3) is 0 Å². The molecular weight excluding hydrogens is 618 g/mol. The van der Waals surface area contributed by atoms with E-state index in [2.05, 4.69) is 16.0 Å². The number of carbonyl (C=O) groups is 2. The number of carbonyl (C=O) groups excluding carboxylic acids is 2. The fourth-order valence-electron chi connectivity index (χ4n) is 4.30. The van der Waals surface area contributed by atoms with Gasteiger partial charge in [-0.1, -0.05) is 65.2 Å². The summed E-state index contributed by atoms with van der Waals surface area (Å²) in [6, 6.07) is 0. The van der Waals surface area contributed by atoms with Crippen molar-refractivity contribution in [1.82, 2.24) is 0 Å². The van der Waals surface area contributed by atoms with Gasteiger partial charge in [-0.05, 0) is 12.8 Å². The first kappa shape index (κ1) is 40.0. The predicted octanol–water partition coefficient (Wildman–Crippen LogP) is 0.336. The van der Waals surface area contributed by atoms with Crippen LogP contribution in [0.4, 0.5) is 0 Å². The van der Waals surface area contributed by atoms with Crippen LogP contribution < -0.4 is 9.79 Å². The molecule has 0 spiro atoms. The number of phosphoric acid groups is 2. The summed E-state index contributed by atoms with van der Waals surface area (Å²) in [5, 5.41) is 40.6. The van der Waals surface area contributed by atoms with E-state index in [0.29, 0.717) is 12.8 Å². The summed E-state index contributed by atoms with van der Waals surface area (Å²) in [6.45, 7) is 2.68. The Kier molecular flexibility index (Phi) is 18.8. The topological polar surface area (TPSA) is 262 Å². The molecule has 18 heteroatoms. The van der Waals surface area contributed by atoms with Crippen molar-refractivity contribution in [2.24, 2.45) is 0 Å². The zero-order valence-electron chi connectivity index (χ0n) is 24.6. The Labute approximate surface area is 251 Å². The van der Waals surface area contributed by atoms with Gasteiger partial charge in [0, 0.05) is 12.8 Å². The van der Waals surface area contributed by atoms with E-state index in [-0.39, 0.29) is 12.8 Å². The Balaban J connectivity index is 2.80. The van der Waals surface area contributed by atoms with Gasteiger partial charge in [-0.25, -0.2) is 0 Å². The van der Waals surface area contributed by atoms with E-state index in [1.165, 1.54) is 0 Å². The van der Waals surface area contributed by atoms with Crippen molar-refractivity contribution in [1.29, 1.82) is 0 Å². The van der Waals surface area contributed by atoms with Crippen molar-refractivity contribution in [3.8, 4) is 0 Å². The maximum Gasteiger partial charge on any atom is 0.306 e. The molecular formula is C25H46O16P2-2. The molecule has 16 nitrogen and oxygen atoms in total. The normalized spacial score (nSPS) is 27.6. The van der Waals surface area contributed by atoms with Crippen LogP contribution in [-0.4, -0.2) is 93.2 Å². The number of esters is 2. The molecule has 254 valence electrons. The average Bonchev–Trinajstić information content (AvgIpc) is 2.93. The Morgan fingerprint density at radius 3 is 1.60 bits per heavy atom. The summed E-state index contributed by atoms with van der Waals surface area (Å²) < 4.78 is 47.4. The maximum atomic E-state index is 12.5. The molecule has 0 aromatic carbocycles. The molecule has 9 atom stereocenters. The van der Waals surface area contributed by atoms with Crippen LogP contribution in [0.15, 0.2) is 0 Å². The standard InChI is InChI=1S/C25H48O16P2/c1-3-5-7-9-11-13-18(26)37-15-17(39-19(27)14-12-10-8-6-4-2)16-38-43(35,36)41-25-22(30)20(28)24(21(29)23(25)31)40-42(32,33)34/h17,20-25,28-31H,3-16H2,1-2H3,(H,35,36)(H2,32,33,34)/p-2/t17-,20-,21+,22-,23-,24?,25?/m1/s1. The molecule has 5 N–H and O–H groups in total. The summed E-state index contributed by atoms with van der Waals surface area (Å²) in [4.78, 5) is 56.8. The first-order chi connectivity index (χ1) is 20.1. The van der Waals surface area contributed by atoms with Gasteiger partial charge >= 0.3 is 11.9 Å². The highest BCUT2D eigenvalue weighted by molar-refractivity contribution is 7.45. The molecule has 1 fully saturated rings. The second-order valence-corrected chi connectivity index (χ2v) is 12.9. The number of rotatable bonds is 22. The number of hydrogen-bond acceptors (Lipinski definition) is 15. The van der Waals surface area contributed by atoms with Gasteiger partial charge in [0.15, 0.2) is 6.10 Å². The number of phosphoric ester groups is 2. The lowest BCUT2D eigenvalue weighted by atomic mass is 9.85. The van der Waals surface area contributed by atoms with Gasteiger partial charge in [0.2, 0.25) is 0 Å². The van der Waals surface area contributed by atoms with Gasteiger partial charge in [0.25, 0.3) is 15.6 Å². The molecule has 1 saturated carbocycles. The molecule has 0 radical (unpaired) electrons. The van der Waals surface area contributed by atoms with Gasteiger partial charge in [0.1, 0.15) is 43.2 Å². The monoisotopic (exact) mass is 664 g/mol. The van der Waals surface area contributed by atoms with Crippen LogP contribution in [0.3, 0.4) is 0 Å². The summed E-state index contributed by atoms with van der Waals surface area (Å²) in [5.41, 5.74) is 0. The zero-order valence-corrected chi connectivity index (χ0v) is 26.4. The molecule has 4 unspecified atom stereocenters. The highest BCUT2D eigenvalue weighted by Gasteiger charge is 2.52. The third kappa shape index (κ3) is 16.2. The minimum Gasteiger partial charge on any atom is -0.756 e. The first-order valence-corrected chi connectivity index (χ1v) is 17.5. The van der Waals surface area contributed by atoms with Gasteiger partial charge < -0.3 is 58.2 Å². The van der Waals surface area contributed by atoms with E-state index in [1.807, 2.05) is 6.92 Å². The summed E-state index contributed by atoms with van der Waals surface area (Å²) >= 11 is 0.